The van der Waals surface area contributed by atoms with Gasteiger partial charge in [0.25, 0.3) is 0 Å². The van der Waals surface area contributed by atoms with Gasteiger partial charge in [-0.1, -0.05) is 60.7 Å². The third-order valence-electron chi connectivity index (χ3n) is 11.4. The Hall–Kier alpha value is -3.93. The molecule has 232 valence electrons. The van der Waals surface area contributed by atoms with Gasteiger partial charge in [-0.2, -0.15) is 0 Å². The summed E-state index contributed by atoms with van der Waals surface area (Å²) < 4.78 is 22.7. The Morgan fingerprint density at radius 3 is 2.22 bits per heavy atom. The molecule has 1 aliphatic heterocycles. The lowest BCUT2D eigenvalue weighted by atomic mass is 9.48. The van der Waals surface area contributed by atoms with Gasteiger partial charge in [-0.3, -0.25) is 4.79 Å². The lowest BCUT2D eigenvalue weighted by Crippen LogP contribution is -2.54. The van der Waals surface area contributed by atoms with Crippen molar-refractivity contribution in [2.75, 3.05) is 0 Å². The van der Waals surface area contributed by atoms with Crippen molar-refractivity contribution in [1.82, 2.24) is 9.47 Å². The summed E-state index contributed by atoms with van der Waals surface area (Å²) in [7, 11) is 0. The number of hydrogen-bond donors (Lipinski definition) is 0. The summed E-state index contributed by atoms with van der Waals surface area (Å²) >= 11 is 0. The van der Waals surface area contributed by atoms with Crippen LogP contribution in [0.4, 0.5) is 4.39 Å². The van der Waals surface area contributed by atoms with E-state index in [0.717, 1.165) is 57.5 Å². The van der Waals surface area contributed by atoms with Crippen molar-refractivity contribution in [3.8, 4) is 0 Å². The molecule has 4 fully saturated rings. The zero-order valence-electron chi connectivity index (χ0n) is 26.0. The van der Waals surface area contributed by atoms with E-state index < -0.39 is 6.04 Å². The van der Waals surface area contributed by atoms with Crippen molar-refractivity contribution in [3.63, 3.8) is 0 Å². The first-order chi connectivity index (χ1) is 21.9. The Morgan fingerprint density at radius 2 is 1.53 bits per heavy atom. The second-order valence-electron chi connectivity index (χ2n) is 14.5. The Morgan fingerprint density at radius 1 is 0.867 bits per heavy atom. The smallest absolute Gasteiger partial charge is 0.329 e. The lowest BCUT2D eigenvalue weighted by Gasteiger charge is -2.58. The first kappa shape index (κ1) is 28.5. The van der Waals surface area contributed by atoms with Crippen LogP contribution in [-0.2, 0) is 33.9 Å². The number of carbonyl (C=O) groups is 2. The zero-order valence-corrected chi connectivity index (χ0v) is 26.0. The Kier molecular flexibility index (Phi) is 7.07. The second kappa shape index (κ2) is 11.1. The molecule has 9 rings (SSSR count). The molecule has 4 bridgehead atoms. The largest absolute Gasteiger partial charge is 0.459 e. The van der Waals surface area contributed by atoms with E-state index in [-0.39, 0.29) is 35.8 Å². The number of halogens is 1. The third kappa shape index (κ3) is 5.16. The van der Waals surface area contributed by atoms with Gasteiger partial charge in [0.15, 0.2) is 0 Å². The van der Waals surface area contributed by atoms with E-state index in [1.165, 1.54) is 44.6 Å². The van der Waals surface area contributed by atoms with Gasteiger partial charge in [0.05, 0.1) is 6.04 Å². The number of carbonyl (C=O) groups excluding carboxylic acids is 2. The van der Waals surface area contributed by atoms with Gasteiger partial charge >= 0.3 is 5.97 Å². The van der Waals surface area contributed by atoms with Crippen LogP contribution in [0.2, 0.25) is 0 Å². The summed E-state index contributed by atoms with van der Waals surface area (Å²) in [6, 6.07) is 23.9. The summed E-state index contributed by atoms with van der Waals surface area (Å²) in [5.41, 5.74) is 5.26. The molecule has 4 aromatic rings. The molecule has 5 nitrogen and oxygen atoms in total. The van der Waals surface area contributed by atoms with Gasteiger partial charge in [0.2, 0.25) is 5.91 Å². The van der Waals surface area contributed by atoms with E-state index in [1.807, 2.05) is 53.4 Å². The monoisotopic (exact) mass is 604 g/mol. The molecule has 5 aliphatic rings. The van der Waals surface area contributed by atoms with Crippen LogP contribution in [-0.4, -0.2) is 27.4 Å². The topological polar surface area (TPSA) is 51.5 Å². The first-order valence-electron chi connectivity index (χ1n) is 16.7. The minimum atomic E-state index is -0.703. The number of para-hydroxylation sites is 1. The maximum absolute atomic E-state index is 14.4. The lowest BCUT2D eigenvalue weighted by molar-refractivity contribution is -0.160. The molecular formula is C39H41FN2O3. The number of amides is 1. The van der Waals surface area contributed by atoms with Gasteiger partial charge in [0.1, 0.15) is 18.5 Å². The Labute approximate surface area is 264 Å². The number of nitrogens with zero attached hydrogens (tertiary/aromatic N) is 2. The molecule has 0 unspecified atom stereocenters. The molecule has 2 atom stereocenters. The highest BCUT2D eigenvalue weighted by Crippen LogP contribution is 2.63. The molecule has 1 aromatic heterocycles. The van der Waals surface area contributed by atoms with E-state index in [1.54, 1.807) is 19.1 Å². The number of rotatable bonds is 7. The molecule has 0 saturated heterocycles. The van der Waals surface area contributed by atoms with Gasteiger partial charge in [-0.15, -0.1) is 0 Å². The van der Waals surface area contributed by atoms with E-state index in [9.17, 15) is 14.0 Å². The van der Waals surface area contributed by atoms with Gasteiger partial charge < -0.3 is 14.2 Å². The van der Waals surface area contributed by atoms with Crippen molar-refractivity contribution in [1.29, 1.82) is 0 Å². The maximum Gasteiger partial charge on any atom is 0.329 e. The number of aromatic nitrogens is 1. The van der Waals surface area contributed by atoms with Crippen LogP contribution in [0.3, 0.4) is 0 Å². The molecule has 4 saturated carbocycles. The fourth-order valence-electron chi connectivity index (χ4n) is 10.2. The van der Waals surface area contributed by atoms with E-state index >= 15 is 0 Å². The molecule has 2 heterocycles. The van der Waals surface area contributed by atoms with Gasteiger partial charge in [-0.25, -0.2) is 9.18 Å². The molecule has 0 spiro atoms. The normalized spacial score (nSPS) is 28.3. The molecular weight excluding hydrogens is 563 g/mol. The highest BCUT2D eigenvalue weighted by atomic mass is 19.1. The molecule has 1 amide bonds. The minimum absolute atomic E-state index is 0.0976. The summed E-state index contributed by atoms with van der Waals surface area (Å²) in [4.78, 5) is 29.7. The predicted molar refractivity (Wildman–Crippen MR) is 172 cm³/mol. The van der Waals surface area contributed by atoms with E-state index in [4.69, 9.17) is 4.74 Å². The Balaban J connectivity index is 1.25. The average Bonchev–Trinajstić information content (AvgIpc) is 3.32. The molecule has 6 heteroatoms. The third-order valence-corrected chi connectivity index (χ3v) is 11.4. The minimum Gasteiger partial charge on any atom is -0.459 e. The highest BCUT2D eigenvalue weighted by molar-refractivity contribution is 5.90. The fraction of sp³-hybridized carbons (Fsp3) is 0.436. The van der Waals surface area contributed by atoms with Crippen molar-refractivity contribution in [3.05, 3.63) is 107 Å². The van der Waals surface area contributed by atoms with Crippen LogP contribution in [0.5, 0.6) is 0 Å². The number of esters is 1. The zero-order chi connectivity index (χ0) is 30.7. The van der Waals surface area contributed by atoms with Crippen LogP contribution in [0.1, 0.15) is 80.3 Å². The maximum atomic E-state index is 14.4. The van der Waals surface area contributed by atoms with Crippen LogP contribution in [0.25, 0.3) is 10.9 Å². The number of fused-ring (bicyclic) bond motifs is 3. The summed E-state index contributed by atoms with van der Waals surface area (Å²) in [6.45, 7) is 2.28. The van der Waals surface area contributed by atoms with Crippen LogP contribution >= 0.6 is 0 Å². The van der Waals surface area contributed by atoms with Gasteiger partial charge in [-0.05, 0) is 103 Å². The van der Waals surface area contributed by atoms with Crippen molar-refractivity contribution in [2.24, 2.45) is 23.2 Å². The van der Waals surface area contributed by atoms with Crippen molar-refractivity contribution in [2.45, 2.75) is 83.5 Å². The van der Waals surface area contributed by atoms with Crippen LogP contribution in [0, 0.1) is 29.0 Å². The summed E-state index contributed by atoms with van der Waals surface area (Å²) in [6.07, 6.45) is 8.93. The molecule has 0 radical (unpaired) electrons. The van der Waals surface area contributed by atoms with Crippen LogP contribution < -0.4 is 0 Å². The Bertz CT molecular complexity index is 1730. The number of ether oxygens (including phenoxy) is 1. The summed E-state index contributed by atoms with van der Waals surface area (Å²) in [5.74, 6) is 1.62. The fourth-order valence-corrected chi connectivity index (χ4v) is 10.2. The van der Waals surface area contributed by atoms with Crippen molar-refractivity contribution < 1.29 is 18.7 Å². The van der Waals surface area contributed by atoms with E-state index in [0.29, 0.717) is 13.0 Å². The number of benzene rings is 3. The second-order valence-corrected chi connectivity index (χ2v) is 14.5. The van der Waals surface area contributed by atoms with Gasteiger partial charge in [0, 0.05) is 36.5 Å². The predicted octanol–water partition coefficient (Wildman–Crippen LogP) is 7.99. The first-order valence-corrected chi connectivity index (χ1v) is 16.7. The molecule has 3 aromatic carbocycles. The van der Waals surface area contributed by atoms with Crippen molar-refractivity contribution >= 4 is 22.8 Å². The standard InChI is InChI=1S/C39H41FN2O3/c1-25(43)42-35(38(44)45-24-26-8-3-2-4-9-26)18-33-32-12-5-6-13-34(32)41(23-27-10-7-11-31(40)17-27)37(33)36(42)22-39-19-28-14-29(20-39)16-30(15-28)21-39/h2-13,17,28-30,35-36H,14-16,18-24H2,1H3/t28?,29?,30?,35-,36+,39?/m0/s1. The quantitative estimate of drug-likeness (QED) is 0.201. The molecule has 0 N–H and O–H groups in total. The average molecular weight is 605 g/mol. The number of hydrogen-bond acceptors (Lipinski definition) is 3. The SMILES string of the molecule is CC(=O)N1[C@H](CC23CC4CC(CC(C4)C2)C3)c2c(c3ccccc3n2Cc2cccc(F)c2)C[C@H]1C(=O)OCc1ccccc1. The van der Waals surface area contributed by atoms with E-state index in [2.05, 4.69) is 16.7 Å². The highest BCUT2D eigenvalue weighted by Gasteiger charge is 2.54. The van der Waals surface area contributed by atoms with Crippen LogP contribution in [0.15, 0.2) is 78.9 Å². The summed E-state index contributed by atoms with van der Waals surface area (Å²) in [5, 5.41) is 1.10. The molecule has 4 aliphatic carbocycles. The molecule has 45 heavy (non-hydrogen) atoms.